The number of nitrogens with zero attached hydrogens (tertiary/aromatic N) is 2. The van der Waals surface area contributed by atoms with Gasteiger partial charge in [-0.1, -0.05) is 0 Å². The number of rotatable bonds is 7. The molecule has 1 aliphatic heterocycles. The van der Waals surface area contributed by atoms with Crippen molar-refractivity contribution in [1.82, 2.24) is 9.80 Å². The lowest BCUT2D eigenvalue weighted by Gasteiger charge is -2.23. The maximum atomic E-state index is 12.5. The lowest BCUT2D eigenvalue weighted by Crippen LogP contribution is -2.33. The number of methoxy groups -OCH3 is 1. The fourth-order valence-corrected chi connectivity index (χ4v) is 3.67. The molecule has 1 saturated heterocycles. The molecule has 6 heteroatoms. The van der Waals surface area contributed by atoms with Crippen LogP contribution in [0.4, 0.5) is 0 Å². The smallest absolute Gasteiger partial charge is 0.254 e. The summed E-state index contributed by atoms with van der Waals surface area (Å²) in [6, 6.07) is 1.94. The summed E-state index contributed by atoms with van der Waals surface area (Å²) in [5.74, 6) is 0.564. The number of aliphatic hydroxyl groups excluding tert-OH is 1. The van der Waals surface area contributed by atoms with E-state index in [0.717, 1.165) is 30.1 Å². The van der Waals surface area contributed by atoms with Crippen LogP contribution in [0.2, 0.25) is 0 Å². The third-order valence-electron chi connectivity index (χ3n) is 4.30. The molecule has 2 rings (SSSR count). The minimum atomic E-state index is 0.0878. The van der Waals surface area contributed by atoms with E-state index < -0.39 is 0 Å². The van der Waals surface area contributed by atoms with Gasteiger partial charge in [0.25, 0.3) is 5.91 Å². The number of carbonyl (C=O) groups is 1. The normalized spacial score (nSPS) is 21.8. The van der Waals surface area contributed by atoms with E-state index in [2.05, 4.69) is 11.9 Å². The van der Waals surface area contributed by atoms with Gasteiger partial charge in [0, 0.05) is 56.1 Å². The van der Waals surface area contributed by atoms with E-state index in [1.54, 1.807) is 18.4 Å². The maximum Gasteiger partial charge on any atom is 0.254 e. The molecule has 124 valence electrons. The highest BCUT2D eigenvalue weighted by Crippen LogP contribution is 2.26. The van der Waals surface area contributed by atoms with Crippen LogP contribution < -0.4 is 0 Å². The lowest BCUT2D eigenvalue weighted by atomic mass is 9.96. The predicted molar refractivity (Wildman–Crippen MR) is 88.4 cm³/mol. The number of amides is 1. The first-order valence-electron chi connectivity index (χ1n) is 7.68. The Bertz CT molecular complexity index is 491. The highest BCUT2D eigenvalue weighted by atomic mass is 32.1. The average molecular weight is 326 g/mol. The molecule has 0 aromatic carbocycles. The van der Waals surface area contributed by atoms with Crippen LogP contribution in [-0.2, 0) is 4.74 Å². The van der Waals surface area contributed by atoms with Crippen LogP contribution in [0.25, 0.3) is 0 Å². The Morgan fingerprint density at radius 1 is 1.50 bits per heavy atom. The second-order valence-corrected chi connectivity index (χ2v) is 7.23. The predicted octanol–water partition coefficient (Wildman–Crippen LogP) is 1.32. The van der Waals surface area contributed by atoms with Crippen molar-refractivity contribution in [2.45, 2.75) is 6.92 Å². The van der Waals surface area contributed by atoms with Gasteiger partial charge < -0.3 is 19.6 Å². The third-order valence-corrected chi connectivity index (χ3v) is 5.16. The minimum Gasteiger partial charge on any atom is -0.396 e. The van der Waals surface area contributed by atoms with Crippen molar-refractivity contribution in [1.29, 1.82) is 0 Å². The van der Waals surface area contributed by atoms with Gasteiger partial charge in [0.1, 0.15) is 0 Å². The van der Waals surface area contributed by atoms with Crippen LogP contribution >= 0.6 is 11.3 Å². The van der Waals surface area contributed by atoms with Gasteiger partial charge in [-0.05, 0) is 26.0 Å². The van der Waals surface area contributed by atoms with Crippen LogP contribution in [0.15, 0.2) is 11.4 Å². The van der Waals surface area contributed by atoms with Crippen molar-refractivity contribution in [3.05, 3.63) is 21.9 Å². The molecule has 5 nitrogen and oxygen atoms in total. The van der Waals surface area contributed by atoms with E-state index in [-0.39, 0.29) is 18.4 Å². The molecule has 2 heterocycles. The number of likely N-dealkylation sites (N-methyl/N-ethyl adjacent to an activating group) is 1. The summed E-state index contributed by atoms with van der Waals surface area (Å²) >= 11 is 1.60. The van der Waals surface area contributed by atoms with E-state index in [9.17, 15) is 9.90 Å². The molecule has 22 heavy (non-hydrogen) atoms. The van der Waals surface area contributed by atoms with E-state index in [1.807, 2.05) is 23.3 Å². The Morgan fingerprint density at radius 2 is 2.23 bits per heavy atom. The summed E-state index contributed by atoms with van der Waals surface area (Å²) in [5, 5.41) is 11.5. The summed E-state index contributed by atoms with van der Waals surface area (Å²) in [7, 11) is 3.75. The zero-order chi connectivity index (χ0) is 16.1. The molecule has 2 atom stereocenters. The van der Waals surface area contributed by atoms with Crippen molar-refractivity contribution < 1.29 is 14.6 Å². The van der Waals surface area contributed by atoms with Crippen LogP contribution in [0.5, 0.6) is 0 Å². The second-order valence-electron chi connectivity index (χ2n) is 6.11. The number of carbonyl (C=O) groups excluding carboxylic acids is 1. The largest absolute Gasteiger partial charge is 0.396 e. The first-order chi connectivity index (χ1) is 10.5. The van der Waals surface area contributed by atoms with Gasteiger partial charge in [-0.2, -0.15) is 0 Å². The first kappa shape index (κ1) is 17.4. The second kappa shape index (κ2) is 8.06. The molecule has 0 aliphatic carbocycles. The van der Waals surface area contributed by atoms with Crippen LogP contribution in [0.3, 0.4) is 0 Å². The van der Waals surface area contributed by atoms with Crippen molar-refractivity contribution in [3.63, 3.8) is 0 Å². The zero-order valence-corrected chi connectivity index (χ0v) is 14.4. The molecule has 0 spiro atoms. The Hall–Kier alpha value is -0.950. The van der Waals surface area contributed by atoms with Crippen molar-refractivity contribution in [2.24, 2.45) is 11.8 Å². The number of thiophene rings is 1. The van der Waals surface area contributed by atoms with Gasteiger partial charge in [-0.15, -0.1) is 11.3 Å². The minimum absolute atomic E-state index is 0.0878. The standard InChI is InChI=1S/C16H26N2O3S/c1-12-6-13(11-22-12)16(20)18-8-14(15(9-18)10-19)7-17(2)4-5-21-3/h6,11,14-15,19H,4-5,7-10H2,1-3H3/t14-,15-/m1/s1. The van der Waals surface area contributed by atoms with E-state index >= 15 is 0 Å². The topological polar surface area (TPSA) is 53.0 Å². The monoisotopic (exact) mass is 326 g/mol. The molecule has 1 aromatic heterocycles. The number of aliphatic hydroxyl groups is 1. The Morgan fingerprint density at radius 3 is 2.82 bits per heavy atom. The van der Waals surface area contributed by atoms with Gasteiger partial charge in [0.15, 0.2) is 0 Å². The summed E-state index contributed by atoms with van der Waals surface area (Å²) in [5.41, 5.74) is 0.771. The number of aryl methyl sites for hydroxylation is 1. The lowest BCUT2D eigenvalue weighted by molar-refractivity contribution is 0.0779. The number of hydrogen-bond donors (Lipinski definition) is 1. The molecule has 0 bridgehead atoms. The third kappa shape index (κ3) is 4.29. The molecule has 1 aliphatic rings. The molecular formula is C16H26N2O3S. The molecule has 1 amide bonds. The Kier molecular flexibility index (Phi) is 6.37. The average Bonchev–Trinajstić information content (AvgIpc) is 3.10. The van der Waals surface area contributed by atoms with Gasteiger partial charge in [0.2, 0.25) is 0 Å². The quantitative estimate of drug-likeness (QED) is 0.821. The molecule has 1 N–H and O–H groups in total. The molecule has 0 unspecified atom stereocenters. The molecule has 0 radical (unpaired) electrons. The van der Waals surface area contributed by atoms with E-state index in [0.29, 0.717) is 19.1 Å². The fraction of sp³-hybridized carbons (Fsp3) is 0.688. The summed E-state index contributed by atoms with van der Waals surface area (Å²) in [4.78, 5) is 17.8. The van der Waals surface area contributed by atoms with E-state index in [4.69, 9.17) is 4.74 Å². The van der Waals surface area contributed by atoms with Gasteiger partial charge >= 0.3 is 0 Å². The first-order valence-corrected chi connectivity index (χ1v) is 8.55. The van der Waals surface area contributed by atoms with Crippen molar-refractivity contribution >= 4 is 17.2 Å². The molecule has 1 aromatic rings. The van der Waals surface area contributed by atoms with Crippen molar-refractivity contribution in [2.75, 3.05) is 53.6 Å². The Balaban J connectivity index is 1.95. The number of hydrogen-bond acceptors (Lipinski definition) is 5. The van der Waals surface area contributed by atoms with Gasteiger partial charge in [-0.3, -0.25) is 4.79 Å². The number of likely N-dealkylation sites (tertiary alicyclic amines) is 1. The van der Waals surface area contributed by atoms with Crippen LogP contribution in [0.1, 0.15) is 15.2 Å². The van der Waals surface area contributed by atoms with Crippen molar-refractivity contribution in [3.8, 4) is 0 Å². The maximum absolute atomic E-state index is 12.5. The SMILES string of the molecule is COCCN(C)C[C@@H]1CN(C(=O)c2csc(C)c2)C[C@@H]1CO. The summed E-state index contributed by atoms with van der Waals surface area (Å²) in [6.07, 6.45) is 0. The number of ether oxygens (including phenoxy) is 1. The van der Waals surface area contributed by atoms with Crippen LogP contribution in [0, 0.1) is 18.8 Å². The summed E-state index contributed by atoms with van der Waals surface area (Å²) in [6.45, 7) is 5.95. The summed E-state index contributed by atoms with van der Waals surface area (Å²) < 4.78 is 5.10. The van der Waals surface area contributed by atoms with Crippen LogP contribution in [-0.4, -0.2) is 74.4 Å². The molecular weight excluding hydrogens is 300 g/mol. The van der Waals surface area contributed by atoms with Gasteiger partial charge in [-0.25, -0.2) is 0 Å². The molecule has 0 saturated carbocycles. The van der Waals surface area contributed by atoms with E-state index in [1.165, 1.54) is 0 Å². The Labute approximate surface area is 136 Å². The highest BCUT2D eigenvalue weighted by molar-refractivity contribution is 7.10. The molecule has 1 fully saturated rings. The highest BCUT2D eigenvalue weighted by Gasteiger charge is 2.35. The fourth-order valence-electron chi connectivity index (χ4n) is 3.00. The zero-order valence-electron chi connectivity index (χ0n) is 13.6. The van der Waals surface area contributed by atoms with Gasteiger partial charge in [0.05, 0.1) is 12.2 Å².